The molecule has 1 aromatic rings. The number of aryl methyl sites for hydroxylation is 1. The van der Waals surface area contributed by atoms with E-state index in [4.69, 9.17) is 0 Å². The van der Waals surface area contributed by atoms with Crippen LogP contribution in [0.3, 0.4) is 0 Å². The molecule has 0 spiro atoms. The molecule has 1 atom stereocenters. The Hall–Kier alpha value is -1.15. The molecular formula is C17H25NO. The molecule has 0 saturated carbocycles. The maximum atomic E-state index is 12.2. The van der Waals surface area contributed by atoms with E-state index in [2.05, 4.69) is 24.4 Å². The Morgan fingerprint density at radius 2 is 2.00 bits per heavy atom. The van der Waals surface area contributed by atoms with Gasteiger partial charge in [-0.2, -0.15) is 0 Å². The lowest BCUT2D eigenvalue weighted by Gasteiger charge is -2.09. The lowest BCUT2D eigenvalue weighted by Crippen LogP contribution is -2.30. The van der Waals surface area contributed by atoms with Crippen molar-refractivity contribution in [2.75, 3.05) is 6.54 Å². The standard InChI is InChI=1S/C17H25NO/c1-2-3-4-5-7-14-9-11-15(12-10-14)17(19)16-8-6-13-18-16/h9-12,16,18H,2-8,13H2,1H3. The number of hydrogen-bond acceptors (Lipinski definition) is 2. The van der Waals surface area contributed by atoms with Crippen LogP contribution in [0.5, 0.6) is 0 Å². The Morgan fingerprint density at radius 1 is 1.21 bits per heavy atom. The van der Waals surface area contributed by atoms with E-state index < -0.39 is 0 Å². The number of Topliss-reactive ketones (excluding diaryl/α,β-unsaturated/α-hetero) is 1. The van der Waals surface area contributed by atoms with Crippen LogP contribution in [0.2, 0.25) is 0 Å². The van der Waals surface area contributed by atoms with E-state index in [1.165, 1.54) is 31.2 Å². The zero-order valence-electron chi connectivity index (χ0n) is 12.0. The van der Waals surface area contributed by atoms with Crippen molar-refractivity contribution in [3.63, 3.8) is 0 Å². The number of carbonyl (C=O) groups excluding carboxylic acids is 1. The largest absolute Gasteiger partial charge is 0.307 e. The molecule has 0 amide bonds. The van der Waals surface area contributed by atoms with E-state index >= 15 is 0 Å². The van der Waals surface area contributed by atoms with Crippen LogP contribution in [0.1, 0.15) is 61.4 Å². The van der Waals surface area contributed by atoms with Gasteiger partial charge >= 0.3 is 0 Å². The summed E-state index contributed by atoms with van der Waals surface area (Å²) in [6.07, 6.45) is 8.40. The number of carbonyl (C=O) groups is 1. The van der Waals surface area contributed by atoms with Crippen LogP contribution >= 0.6 is 0 Å². The van der Waals surface area contributed by atoms with Gasteiger partial charge in [0, 0.05) is 5.56 Å². The average Bonchev–Trinajstić information content (AvgIpc) is 2.98. The molecule has 1 aliphatic heterocycles. The third-order valence-corrected chi connectivity index (χ3v) is 3.93. The monoisotopic (exact) mass is 259 g/mol. The number of benzene rings is 1. The summed E-state index contributed by atoms with van der Waals surface area (Å²) in [7, 11) is 0. The minimum absolute atomic E-state index is 0.0513. The van der Waals surface area contributed by atoms with Gasteiger partial charge in [-0.3, -0.25) is 4.79 Å². The highest BCUT2D eigenvalue weighted by atomic mass is 16.1. The molecule has 1 unspecified atom stereocenters. The van der Waals surface area contributed by atoms with Crippen molar-refractivity contribution in [3.8, 4) is 0 Å². The van der Waals surface area contributed by atoms with Gasteiger partial charge in [0.15, 0.2) is 5.78 Å². The minimum atomic E-state index is 0.0513. The van der Waals surface area contributed by atoms with E-state index in [0.717, 1.165) is 31.4 Å². The van der Waals surface area contributed by atoms with Crippen LogP contribution < -0.4 is 5.32 Å². The van der Waals surface area contributed by atoms with Crippen molar-refractivity contribution >= 4 is 5.78 Å². The Balaban J connectivity index is 1.85. The number of hydrogen-bond donors (Lipinski definition) is 1. The zero-order chi connectivity index (χ0) is 13.5. The van der Waals surface area contributed by atoms with Gasteiger partial charge in [-0.25, -0.2) is 0 Å². The van der Waals surface area contributed by atoms with E-state index in [-0.39, 0.29) is 11.8 Å². The SMILES string of the molecule is CCCCCCc1ccc(C(=O)C2CCCN2)cc1. The molecule has 2 heteroatoms. The maximum Gasteiger partial charge on any atom is 0.179 e. The van der Waals surface area contributed by atoms with Crippen molar-refractivity contribution < 1.29 is 4.79 Å². The lowest BCUT2D eigenvalue weighted by atomic mass is 9.99. The quantitative estimate of drug-likeness (QED) is 0.597. The molecule has 0 bridgehead atoms. The number of nitrogens with one attached hydrogen (secondary N) is 1. The van der Waals surface area contributed by atoms with Crippen molar-refractivity contribution in [1.29, 1.82) is 0 Å². The first-order valence-corrected chi connectivity index (χ1v) is 7.68. The van der Waals surface area contributed by atoms with Crippen molar-refractivity contribution in [3.05, 3.63) is 35.4 Å². The van der Waals surface area contributed by atoms with E-state index in [0.29, 0.717) is 0 Å². The number of unbranched alkanes of at least 4 members (excludes halogenated alkanes) is 3. The first-order valence-electron chi connectivity index (χ1n) is 7.68. The maximum absolute atomic E-state index is 12.2. The summed E-state index contributed by atoms with van der Waals surface area (Å²) < 4.78 is 0. The highest BCUT2D eigenvalue weighted by Gasteiger charge is 2.22. The minimum Gasteiger partial charge on any atom is -0.307 e. The Labute approximate surface area is 116 Å². The molecular weight excluding hydrogens is 234 g/mol. The average molecular weight is 259 g/mol. The molecule has 0 aromatic heterocycles. The van der Waals surface area contributed by atoms with Crippen molar-refractivity contribution in [1.82, 2.24) is 5.32 Å². The van der Waals surface area contributed by atoms with Gasteiger partial charge in [0.1, 0.15) is 0 Å². The van der Waals surface area contributed by atoms with Gasteiger partial charge in [-0.15, -0.1) is 0 Å². The van der Waals surface area contributed by atoms with Gasteiger partial charge < -0.3 is 5.32 Å². The van der Waals surface area contributed by atoms with E-state index in [9.17, 15) is 4.79 Å². The molecule has 104 valence electrons. The summed E-state index contributed by atoms with van der Waals surface area (Å²) in [5, 5.41) is 3.27. The normalized spacial score (nSPS) is 18.7. The van der Waals surface area contributed by atoms with Gasteiger partial charge in [-0.05, 0) is 37.8 Å². The molecule has 1 saturated heterocycles. The smallest absolute Gasteiger partial charge is 0.179 e. The predicted octanol–water partition coefficient (Wildman–Crippen LogP) is 3.74. The van der Waals surface area contributed by atoms with Crippen LogP contribution in [-0.4, -0.2) is 18.4 Å². The van der Waals surface area contributed by atoms with Gasteiger partial charge in [0.25, 0.3) is 0 Å². The molecule has 19 heavy (non-hydrogen) atoms. The second-order valence-corrected chi connectivity index (χ2v) is 5.52. The highest BCUT2D eigenvalue weighted by Crippen LogP contribution is 2.14. The third kappa shape index (κ3) is 4.17. The van der Waals surface area contributed by atoms with Crippen molar-refractivity contribution in [2.45, 2.75) is 57.9 Å². The molecule has 1 aromatic carbocycles. The fourth-order valence-corrected chi connectivity index (χ4v) is 2.70. The molecule has 1 aliphatic rings. The van der Waals surface area contributed by atoms with Crippen LogP contribution in [-0.2, 0) is 6.42 Å². The van der Waals surface area contributed by atoms with Gasteiger partial charge in [0.2, 0.25) is 0 Å². The first kappa shape index (κ1) is 14.3. The highest BCUT2D eigenvalue weighted by molar-refractivity contribution is 6.00. The molecule has 1 heterocycles. The number of rotatable bonds is 7. The number of ketones is 1. The predicted molar refractivity (Wildman–Crippen MR) is 79.6 cm³/mol. The fourth-order valence-electron chi connectivity index (χ4n) is 2.70. The van der Waals surface area contributed by atoms with E-state index in [1.807, 2.05) is 12.1 Å². The topological polar surface area (TPSA) is 29.1 Å². The Morgan fingerprint density at radius 3 is 2.63 bits per heavy atom. The summed E-state index contributed by atoms with van der Waals surface area (Å²) >= 11 is 0. The summed E-state index contributed by atoms with van der Waals surface area (Å²) in [6, 6.07) is 8.28. The Bertz CT molecular complexity index is 390. The Kier molecular flexibility index (Phi) is 5.59. The molecule has 1 fully saturated rings. The van der Waals surface area contributed by atoms with Crippen LogP contribution in [0.4, 0.5) is 0 Å². The summed E-state index contributed by atoms with van der Waals surface area (Å²) in [4.78, 5) is 12.2. The van der Waals surface area contributed by atoms with Crippen LogP contribution in [0.25, 0.3) is 0 Å². The second-order valence-electron chi connectivity index (χ2n) is 5.52. The first-order chi connectivity index (χ1) is 9.31. The molecule has 0 radical (unpaired) electrons. The molecule has 2 rings (SSSR count). The molecule has 0 aliphatic carbocycles. The summed E-state index contributed by atoms with van der Waals surface area (Å²) in [6.45, 7) is 3.21. The molecule has 1 N–H and O–H groups in total. The molecule has 2 nitrogen and oxygen atoms in total. The van der Waals surface area contributed by atoms with E-state index in [1.54, 1.807) is 0 Å². The van der Waals surface area contributed by atoms with Gasteiger partial charge in [0.05, 0.1) is 6.04 Å². The van der Waals surface area contributed by atoms with Crippen LogP contribution in [0, 0.1) is 0 Å². The zero-order valence-corrected chi connectivity index (χ0v) is 12.0. The summed E-state index contributed by atoms with van der Waals surface area (Å²) in [5.74, 6) is 0.259. The van der Waals surface area contributed by atoms with Gasteiger partial charge in [-0.1, -0.05) is 50.5 Å². The fraction of sp³-hybridized carbons (Fsp3) is 0.588. The van der Waals surface area contributed by atoms with Crippen LogP contribution in [0.15, 0.2) is 24.3 Å². The summed E-state index contributed by atoms with van der Waals surface area (Å²) in [5.41, 5.74) is 2.21. The van der Waals surface area contributed by atoms with Crippen molar-refractivity contribution in [2.24, 2.45) is 0 Å². The third-order valence-electron chi connectivity index (χ3n) is 3.93. The second kappa shape index (κ2) is 7.44. The lowest BCUT2D eigenvalue weighted by molar-refractivity contribution is 0.0952.